The Morgan fingerprint density at radius 3 is 2.48 bits per heavy atom. The van der Waals surface area contributed by atoms with Crippen molar-refractivity contribution in [3.63, 3.8) is 0 Å². The maximum absolute atomic E-state index is 12.6. The summed E-state index contributed by atoms with van der Waals surface area (Å²) in [5, 5.41) is 3.11. The Kier molecular flexibility index (Phi) is 6.43. The third-order valence-corrected chi connectivity index (χ3v) is 6.20. The van der Waals surface area contributed by atoms with Gasteiger partial charge in [-0.25, -0.2) is 0 Å². The van der Waals surface area contributed by atoms with E-state index >= 15 is 0 Å². The van der Waals surface area contributed by atoms with Crippen LogP contribution in [0.15, 0.2) is 0 Å². The maximum atomic E-state index is 12.6. The topological polar surface area (TPSA) is 64.7 Å². The number of rotatable bonds is 7. The normalized spacial score (nSPS) is 27.0. The summed E-state index contributed by atoms with van der Waals surface area (Å²) in [7, 11) is -1.50. The zero-order valence-electron chi connectivity index (χ0n) is 13.3. The molecule has 7 heteroatoms. The molecule has 0 bridgehead atoms. The molecule has 2 heterocycles. The first-order valence-corrected chi connectivity index (χ1v) is 9.63. The van der Waals surface area contributed by atoms with Gasteiger partial charge in [-0.15, -0.1) is 0 Å². The van der Waals surface area contributed by atoms with Crippen molar-refractivity contribution in [1.29, 1.82) is 0 Å². The largest absolute Gasteiger partial charge is 0.318 e. The summed E-state index contributed by atoms with van der Waals surface area (Å²) in [6.07, 6.45) is 5.48. The molecule has 0 spiro atoms. The first kappa shape index (κ1) is 17.1. The van der Waals surface area contributed by atoms with Crippen LogP contribution in [0.25, 0.3) is 0 Å². The molecular formula is C14H30N4O2S. The molecule has 2 atom stereocenters. The van der Waals surface area contributed by atoms with Gasteiger partial charge >= 0.3 is 0 Å². The summed E-state index contributed by atoms with van der Waals surface area (Å²) in [5.74, 6) is 0. The fourth-order valence-electron chi connectivity index (χ4n) is 3.44. The highest BCUT2D eigenvalue weighted by molar-refractivity contribution is 7.87. The standard InChI is InChI=1S/C14H30N4O2S/c1-13(12-17-8-5-6-9-17)16-21(19,20)18-10-4-3-7-14(18)11-15-2/h13-16H,3-12H2,1-2H3. The second kappa shape index (κ2) is 7.87. The zero-order chi connectivity index (χ0) is 15.3. The predicted octanol–water partition coefficient (Wildman–Crippen LogP) is 0.379. The quantitative estimate of drug-likeness (QED) is 0.712. The van der Waals surface area contributed by atoms with Gasteiger partial charge in [-0.1, -0.05) is 6.42 Å². The fraction of sp³-hybridized carbons (Fsp3) is 1.00. The smallest absolute Gasteiger partial charge is 0.280 e. The highest BCUT2D eigenvalue weighted by Gasteiger charge is 2.32. The van der Waals surface area contributed by atoms with E-state index < -0.39 is 10.2 Å². The molecule has 0 aliphatic carbocycles. The summed E-state index contributed by atoms with van der Waals surface area (Å²) < 4.78 is 29.8. The molecule has 0 amide bonds. The molecule has 0 aromatic rings. The van der Waals surface area contributed by atoms with Crippen LogP contribution in [0.2, 0.25) is 0 Å². The molecule has 2 aliphatic rings. The lowest BCUT2D eigenvalue weighted by Gasteiger charge is -2.35. The van der Waals surface area contributed by atoms with E-state index in [9.17, 15) is 8.42 Å². The molecule has 21 heavy (non-hydrogen) atoms. The Labute approximate surface area is 129 Å². The molecule has 0 aromatic carbocycles. The van der Waals surface area contributed by atoms with Crippen LogP contribution >= 0.6 is 0 Å². The molecule has 0 radical (unpaired) electrons. The monoisotopic (exact) mass is 318 g/mol. The Balaban J connectivity index is 1.92. The summed E-state index contributed by atoms with van der Waals surface area (Å²) in [5.41, 5.74) is 0. The minimum Gasteiger partial charge on any atom is -0.318 e. The number of hydrogen-bond acceptors (Lipinski definition) is 4. The first-order chi connectivity index (χ1) is 10.0. The van der Waals surface area contributed by atoms with Crippen molar-refractivity contribution in [2.45, 2.75) is 51.1 Å². The van der Waals surface area contributed by atoms with Crippen molar-refractivity contribution in [2.24, 2.45) is 0 Å². The highest BCUT2D eigenvalue weighted by Crippen LogP contribution is 2.19. The van der Waals surface area contributed by atoms with Crippen molar-refractivity contribution < 1.29 is 8.42 Å². The van der Waals surface area contributed by atoms with E-state index in [-0.39, 0.29) is 12.1 Å². The third kappa shape index (κ3) is 4.89. The van der Waals surface area contributed by atoms with E-state index in [0.29, 0.717) is 6.54 Å². The molecule has 2 unspecified atom stereocenters. The average molecular weight is 318 g/mol. The second-order valence-electron chi connectivity index (χ2n) is 6.35. The Morgan fingerprint density at radius 2 is 1.81 bits per heavy atom. The molecule has 0 saturated carbocycles. The Morgan fingerprint density at radius 1 is 1.14 bits per heavy atom. The van der Waals surface area contributed by atoms with Gasteiger partial charge in [0.25, 0.3) is 10.2 Å². The summed E-state index contributed by atoms with van der Waals surface area (Å²) in [6, 6.07) is 0.0468. The van der Waals surface area contributed by atoms with Crippen LogP contribution in [0.4, 0.5) is 0 Å². The lowest BCUT2D eigenvalue weighted by atomic mass is 10.1. The minimum atomic E-state index is -3.38. The van der Waals surface area contributed by atoms with Gasteiger partial charge in [0.05, 0.1) is 0 Å². The van der Waals surface area contributed by atoms with Crippen molar-refractivity contribution in [3.05, 3.63) is 0 Å². The summed E-state index contributed by atoms with van der Waals surface area (Å²) >= 11 is 0. The van der Waals surface area contributed by atoms with Crippen LogP contribution in [0, 0.1) is 0 Å². The minimum absolute atomic E-state index is 0.0368. The molecule has 2 rings (SSSR count). The number of piperidine rings is 1. The van der Waals surface area contributed by atoms with E-state index in [1.807, 2.05) is 14.0 Å². The van der Waals surface area contributed by atoms with Crippen LogP contribution in [-0.4, -0.2) is 69.5 Å². The van der Waals surface area contributed by atoms with E-state index in [4.69, 9.17) is 0 Å². The van der Waals surface area contributed by atoms with Gasteiger partial charge in [-0.05, 0) is 52.7 Å². The van der Waals surface area contributed by atoms with E-state index in [2.05, 4.69) is 14.9 Å². The van der Waals surface area contributed by atoms with Crippen LogP contribution < -0.4 is 10.0 Å². The lowest BCUT2D eigenvalue weighted by molar-refractivity contribution is 0.242. The number of hydrogen-bond donors (Lipinski definition) is 2. The summed E-state index contributed by atoms with van der Waals surface area (Å²) in [6.45, 7) is 6.33. The molecular weight excluding hydrogens is 288 g/mol. The average Bonchev–Trinajstić information content (AvgIpc) is 2.91. The van der Waals surface area contributed by atoms with Crippen molar-refractivity contribution in [1.82, 2.24) is 19.2 Å². The van der Waals surface area contributed by atoms with E-state index in [1.54, 1.807) is 4.31 Å². The molecule has 0 aromatic heterocycles. The molecule has 2 N–H and O–H groups in total. The van der Waals surface area contributed by atoms with Crippen molar-refractivity contribution in [2.75, 3.05) is 39.8 Å². The number of nitrogens with zero attached hydrogens (tertiary/aromatic N) is 2. The Hall–Kier alpha value is -0.210. The van der Waals surface area contributed by atoms with E-state index in [1.165, 1.54) is 12.8 Å². The molecule has 2 saturated heterocycles. The number of likely N-dealkylation sites (N-methyl/N-ethyl adjacent to an activating group) is 1. The molecule has 2 fully saturated rings. The highest BCUT2D eigenvalue weighted by atomic mass is 32.2. The maximum Gasteiger partial charge on any atom is 0.280 e. The van der Waals surface area contributed by atoms with Gasteiger partial charge < -0.3 is 10.2 Å². The van der Waals surface area contributed by atoms with Gasteiger partial charge in [0.15, 0.2) is 0 Å². The van der Waals surface area contributed by atoms with Crippen LogP contribution in [0.5, 0.6) is 0 Å². The second-order valence-corrected chi connectivity index (χ2v) is 8.00. The number of nitrogens with one attached hydrogen (secondary N) is 2. The fourth-order valence-corrected chi connectivity index (χ4v) is 5.10. The van der Waals surface area contributed by atoms with Crippen molar-refractivity contribution in [3.8, 4) is 0 Å². The van der Waals surface area contributed by atoms with Crippen LogP contribution in [-0.2, 0) is 10.2 Å². The van der Waals surface area contributed by atoms with Gasteiger partial charge in [0.2, 0.25) is 0 Å². The third-order valence-electron chi connectivity index (χ3n) is 4.40. The van der Waals surface area contributed by atoms with E-state index in [0.717, 1.165) is 45.4 Å². The van der Waals surface area contributed by atoms with Crippen molar-refractivity contribution >= 4 is 10.2 Å². The summed E-state index contributed by atoms with van der Waals surface area (Å²) in [4.78, 5) is 2.34. The lowest BCUT2D eigenvalue weighted by Crippen LogP contribution is -2.54. The van der Waals surface area contributed by atoms with Gasteiger partial charge in [-0.2, -0.15) is 17.4 Å². The van der Waals surface area contributed by atoms with Crippen LogP contribution in [0.1, 0.15) is 39.0 Å². The van der Waals surface area contributed by atoms with Gasteiger partial charge in [-0.3, -0.25) is 0 Å². The number of likely N-dealkylation sites (tertiary alicyclic amines) is 1. The van der Waals surface area contributed by atoms with Crippen LogP contribution in [0.3, 0.4) is 0 Å². The SMILES string of the molecule is CNCC1CCCCN1S(=O)(=O)NC(C)CN1CCCC1. The zero-order valence-corrected chi connectivity index (χ0v) is 14.2. The predicted molar refractivity (Wildman–Crippen MR) is 85.5 cm³/mol. The Bertz CT molecular complexity index is 407. The van der Waals surface area contributed by atoms with Gasteiger partial charge in [0.1, 0.15) is 0 Å². The van der Waals surface area contributed by atoms with Gasteiger partial charge in [0, 0.05) is 31.7 Å². The first-order valence-electron chi connectivity index (χ1n) is 8.19. The molecule has 6 nitrogen and oxygen atoms in total. The molecule has 2 aliphatic heterocycles. The molecule has 124 valence electrons.